The molecule has 1 heterocycles. The molecule has 1 atom stereocenters. The lowest BCUT2D eigenvalue weighted by Crippen LogP contribution is -2.48. The Kier molecular flexibility index (Phi) is 5.59. The molecule has 5 nitrogen and oxygen atoms in total. The van der Waals surface area contributed by atoms with Gasteiger partial charge in [-0.1, -0.05) is 13.8 Å². The number of hydrogen-bond donors (Lipinski definition) is 2. The molecule has 5 heteroatoms. The van der Waals surface area contributed by atoms with E-state index >= 15 is 0 Å². The van der Waals surface area contributed by atoms with Crippen LogP contribution in [0.5, 0.6) is 0 Å². The molecule has 1 aromatic rings. The summed E-state index contributed by atoms with van der Waals surface area (Å²) in [4.78, 5) is 17.7. The maximum atomic E-state index is 11.6. The van der Waals surface area contributed by atoms with Crippen molar-refractivity contribution < 1.29 is 4.79 Å². The van der Waals surface area contributed by atoms with E-state index in [1.807, 2.05) is 26.0 Å². The van der Waals surface area contributed by atoms with Crippen molar-refractivity contribution in [3.05, 3.63) is 30.1 Å². The molecule has 1 rings (SSSR count). The molecule has 17 heavy (non-hydrogen) atoms. The van der Waals surface area contributed by atoms with Gasteiger partial charge in [-0.15, -0.1) is 0 Å². The van der Waals surface area contributed by atoms with Crippen LogP contribution in [-0.4, -0.2) is 28.4 Å². The molecule has 1 amide bonds. The van der Waals surface area contributed by atoms with Crippen molar-refractivity contribution in [1.82, 2.24) is 15.3 Å². The minimum Gasteiger partial charge on any atom is -0.293 e. The normalized spacial score (nSPS) is 12.5. The molecule has 0 aromatic carbocycles. The molecule has 0 spiro atoms. The summed E-state index contributed by atoms with van der Waals surface area (Å²) < 4.78 is 0. The molecule has 0 aliphatic rings. The summed E-state index contributed by atoms with van der Waals surface area (Å²) in [5.74, 6) is 5.06. The summed E-state index contributed by atoms with van der Waals surface area (Å²) >= 11 is 0. The fraction of sp³-hybridized carbons (Fsp3) is 0.500. The fourth-order valence-electron chi connectivity index (χ4n) is 1.87. The van der Waals surface area contributed by atoms with Gasteiger partial charge in [0, 0.05) is 18.9 Å². The first kappa shape index (κ1) is 13.6. The van der Waals surface area contributed by atoms with Gasteiger partial charge in [-0.25, -0.2) is 5.84 Å². The molecule has 0 bridgehead atoms. The Bertz CT molecular complexity index is 342. The second kappa shape index (κ2) is 6.98. The van der Waals surface area contributed by atoms with Crippen LogP contribution in [0.4, 0.5) is 0 Å². The lowest BCUT2D eigenvalue weighted by Gasteiger charge is -2.28. The first-order chi connectivity index (χ1) is 8.22. The average Bonchev–Trinajstić information content (AvgIpc) is 2.39. The number of nitrogens with one attached hydrogen (secondary N) is 1. The molecular formula is C12H20N4O. The summed E-state index contributed by atoms with van der Waals surface area (Å²) in [5.41, 5.74) is 3.37. The molecule has 0 saturated heterocycles. The Labute approximate surface area is 102 Å². The third kappa shape index (κ3) is 3.80. The number of hydrazine groups is 1. The van der Waals surface area contributed by atoms with Crippen LogP contribution >= 0.6 is 0 Å². The summed E-state index contributed by atoms with van der Waals surface area (Å²) in [6, 6.07) is 3.73. The van der Waals surface area contributed by atoms with E-state index in [1.165, 1.54) is 0 Å². The van der Waals surface area contributed by atoms with E-state index in [4.69, 9.17) is 5.84 Å². The van der Waals surface area contributed by atoms with Crippen LogP contribution in [0.2, 0.25) is 0 Å². The number of carbonyl (C=O) groups excluding carboxylic acids is 1. The minimum atomic E-state index is -0.182. The van der Waals surface area contributed by atoms with Gasteiger partial charge in [-0.2, -0.15) is 0 Å². The van der Waals surface area contributed by atoms with Crippen LogP contribution in [0.3, 0.4) is 0 Å². The van der Waals surface area contributed by atoms with Crippen molar-refractivity contribution in [1.29, 1.82) is 0 Å². The van der Waals surface area contributed by atoms with E-state index in [0.29, 0.717) is 0 Å². The highest BCUT2D eigenvalue weighted by Crippen LogP contribution is 2.10. The number of nitrogens with two attached hydrogens (primary N) is 1. The lowest BCUT2D eigenvalue weighted by atomic mass is 10.1. The summed E-state index contributed by atoms with van der Waals surface area (Å²) in [7, 11) is 0. The first-order valence-corrected chi connectivity index (χ1v) is 5.86. The Morgan fingerprint density at radius 2 is 2.12 bits per heavy atom. The monoisotopic (exact) mass is 236 g/mol. The van der Waals surface area contributed by atoms with Crippen LogP contribution in [0.15, 0.2) is 24.5 Å². The van der Waals surface area contributed by atoms with Crippen molar-refractivity contribution in [2.45, 2.75) is 32.9 Å². The number of carbonyl (C=O) groups is 1. The molecule has 0 radical (unpaired) electrons. The molecule has 1 aromatic heterocycles. The van der Waals surface area contributed by atoms with Gasteiger partial charge in [-0.3, -0.25) is 20.1 Å². The molecule has 0 fully saturated rings. The van der Waals surface area contributed by atoms with Crippen molar-refractivity contribution in [2.24, 2.45) is 5.84 Å². The predicted molar refractivity (Wildman–Crippen MR) is 66.7 cm³/mol. The molecule has 0 aliphatic carbocycles. The maximum absolute atomic E-state index is 11.6. The van der Waals surface area contributed by atoms with Crippen molar-refractivity contribution in [2.75, 3.05) is 6.54 Å². The Morgan fingerprint density at radius 3 is 2.59 bits per heavy atom. The largest absolute Gasteiger partial charge is 0.293 e. The van der Waals surface area contributed by atoms with Gasteiger partial charge in [0.25, 0.3) is 5.91 Å². The fourth-order valence-corrected chi connectivity index (χ4v) is 1.87. The van der Waals surface area contributed by atoms with E-state index in [-0.39, 0.29) is 11.9 Å². The van der Waals surface area contributed by atoms with Gasteiger partial charge in [0.15, 0.2) is 0 Å². The lowest BCUT2D eigenvalue weighted by molar-refractivity contribution is -0.126. The zero-order chi connectivity index (χ0) is 12.7. The second-order valence-corrected chi connectivity index (χ2v) is 3.85. The van der Waals surface area contributed by atoms with Gasteiger partial charge in [0.2, 0.25) is 0 Å². The second-order valence-electron chi connectivity index (χ2n) is 3.85. The molecule has 1 unspecified atom stereocenters. The summed E-state index contributed by atoms with van der Waals surface area (Å²) in [6.07, 6.45) is 4.25. The number of aromatic nitrogens is 1. The summed E-state index contributed by atoms with van der Waals surface area (Å²) in [5, 5.41) is 0. The molecule has 94 valence electrons. The molecule has 0 aliphatic heterocycles. The highest BCUT2D eigenvalue weighted by molar-refractivity contribution is 5.81. The molecule has 3 N–H and O–H groups in total. The number of likely N-dealkylation sites (N-methyl/N-ethyl adjacent to an activating group) is 1. The highest BCUT2D eigenvalue weighted by atomic mass is 16.2. The molecule has 0 saturated carbocycles. The van der Waals surface area contributed by atoms with Crippen LogP contribution in [0, 0.1) is 0 Å². The Balaban J connectivity index is 2.73. The van der Waals surface area contributed by atoms with E-state index in [0.717, 1.165) is 25.1 Å². The van der Waals surface area contributed by atoms with Gasteiger partial charge in [0.1, 0.15) is 0 Å². The Morgan fingerprint density at radius 1 is 1.47 bits per heavy atom. The number of nitrogens with zero attached hydrogens (tertiary/aromatic N) is 2. The van der Waals surface area contributed by atoms with Gasteiger partial charge in [0.05, 0.1) is 6.04 Å². The zero-order valence-electron chi connectivity index (χ0n) is 10.4. The average molecular weight is 236 g/mol. The van der Waals surface area contributed by atoms with Crippen LogP contribution in [0.25, 0.3) is 0 Å². The van der Waals surface area contributed by atoms with E-state index in [1.54, 1.807) is 12.4 Å². The number of rotatable bonds is 6. The first-order valence-electron chi connectivity index (χ1n) is 5.86. The van der Waals surface area contributed by atoms with E-state index in [2.05, 4.69) is 15.3 Å². The van der Waals surface area contributed by atoms with Crippen LogP contribution < -0.4 is 11.3 Å². The Hall–Kier alpha value is -1.46. The van der Waals surface area contributed by atoms with Crippen molar-refractivity contribution in [3.8, 4) is 0 Å². The molecular weight excluding hydrogens is 216 g/mol. The highest BCUT2D eigenvalue weighted by Gasteiger charge is 2.22. The topological polar surface area (TPSA) is 71.2 Å². The predicted octanol–water partition coefficient (Wildman–Crippen LogP) is 0.672. The maximum Gasteiger partial charge on any atom is 0.251 e. The SMILES string of the molecule is CCC(C(=O)NN)N(CC)Cc1ccncc1. The van der Waals surface area contributed by atoms with E-state index < -0.39 is 0 Å². The van der Waals surface area contributed by atoms with E-state index in [9.17, 15) is 4.79 Å². The minimum absolute atomic E-state index is 0.136. The third-order valence-electron chi connectivity index (χ3n) is 2.81. The quantitative estimate of drug-likeness (QED) is 0.433. The van der Waals surface area contributed by atoms with Gasteiger partial charge in [-0.05, 0) is 30.7 Å². The zero-order valence-corrected chi connectivity index (χ0v) is 10.4. The van der Waals surface area contributed by atoms with Crippen LogP contribution in [0.1, 0.15) is 25.8 Å². The van der Waals surface area contributed by atoms with Crippen LogP contribution in [-0.2, 0) is 11.3 Å². The third-order valence-corrected chi connectivity index (χ3v) is 2.81. The smallest absolute Gasteiger partial charge is 0.251 e. The van der Waals surface area contributed by atoms with Crippen molar-refractivity contribution >= 4 is 5.91 Å². The number of hydrogen-bond acceptors (Lipinski definition) is 4. The number of amides is 1. The number of pyridine rings is 1. The van der Waals surface area contributed by atoms with Crippen molar-refractivity contribution in [3.63, 3.8) is 0 Å². The van der Waals surface area contributed by atoms with Gasteiger partial charge < -0.3 is 0 Å². The summed E-state index contributed by atoms with van der Waals surface area (Å²) in [6.45, 7) is 5.54. The van der Waals surface area contributed by atoms with Gasteiger partial charge >= 0.3 is 0 Å². The standard InChI is InChI=1S/C12H20N4O/c1-3-11(12(17)15-13)16(4-2)9-10-5-7-14-8-6-10/h5-8,11H,3-4,9,13H2,1-2H3,(H,15,17).